The van der Waals surface area contributed by atoms with Crippen molar-refractivity contribution in [2.75, 3.05) is 0 Å². The molecular weight excluding hydrogens is 537 g/mol. The van der Waals surface area contributed by atoms with Crippen molar-refractivity contribution in [3.05, 3.63) is 116 Å². The van der Waals surface area contributed by atoms with Gasteiger partial charge in [0.25, 0.3) is 11.1 Å². The number of amides is 2. The third-order valence-corrected chi connectivity index (χ3v) is 7.42. The maximum absolute atomic E-state index is 12.9. The van der Waals surface area contributed by atoms with Crippen LogP contribution in [0, 0.1) is 0 Å². The summed E-state index contributed by atoms with van der Waals surface area (Å²) in [6, 6.07) is 24.4. The zero-order valence-electron chi connectivity index (χ0n) is 18.7. The summed E-state index contributed by atoms with van der Waals surface area (Å²) in [6.07, 6.45) is 1.61. The van der Waals surface area contributed by atoms with Crippen molar-refractivity contribution in [3.63, 3.8) is 0 Å². The van der Waals surface area contributed by atoms with Crippen molar-refractivity contribution in [2.24, 2.45) is 0 Å². The molecular formula is C28H18Cl3NO3S. The summed E-state index contributed by atoms with van der Waals surface area (Å²) in [5.41, 5.74) is 2.42. The summed E-state index contributed by atoms with van der Waals surface area (Å²) < 4.78 is 5.99. The third kappa shape index (κ3) is 5.25. The van der Waals surface area contributed by atoms with Crippen molar-refractivity contribution in [2.45, 2.75) is 13.2 Å². The van der Waals surface area contributed by atoms with Gasteiger partial charge in [-0.15, -0.1) is 0 Å². The molecule has 0 bridgehead atoms. The summed E-state index contributed by atoms with van der Waals surface area (Å²) in [4.78, 5) is 26.9. The van der Waals surface area contributed by atoms with Crippen molar-refractivity contribution in [1.82, 2.24) is 4.90 Å². The zero-order valence-corrected chi connectivity index (χ0v) is 21.8. The van der Waals surface area contributed by atoms with E-state index >= 15 is 0 Å². The highest BCUT2D eigenvalue weighted by molar-refractivity contribution is 8.18. The van der Waals surface area contributed by atoms with E-state index in [0.717, 1.165) is 33.7 Å². The lowest BCUT2D eigenvalue weighted by molar-refractivity contribution is -0.123. The molecule has 1 heterocycles. The molecule has 1 fully saturated rings. The molecule has 0 saturated carbocycles. The third-order valence-electron chi connectivity index (χ3n) is 5.70. The Bertz CT molecular complexity index is 1490. The summed E-state index contributed by atoms with van der Waals surface area (Å²) in [7, 11) is 0. The number of hydrogen-bond donors (Lipinski definition) is 0. The Morgan fingerprint density at radius 2 is 1.56 bits per heavy atom. The summed E-state index contributed by atoms with van der Waals surface area (Å²) in [6.45, 7) is 0.464. The molecule has 1 aliphatic heterocycles. The SMILES string of the molecule is O=C1S/C(=C\c2cc(Cl)c(OCc3cccc4ccccc34)c(Cl)c2)C(=O)N1Cc1ccc(Cl)cc1. The number of hydrogen-bond acceptors (Lipinski definition) is 4. The number of imide groups is 1. The Hall–Kier alpha value is -2.96. The smallest absolute Gasteiger partial charge is 0.293 e. The molecule has 1 saturated heterocycles. The molecule has 4 aromatic carbocycles. The Labute approximate surface area is 227 Å². The van der Waals surface area contributed by atoms with Gasteiger partial charge in [-0.1, -0.05) is 89.4 Å². The number of ether oxygens (including phenoxy) is 1. The fourth-order valence-corrected chi connectivity index (χ4v) is 5.51. The standard InChI is InChI=1S/C28H18Cl3NO3S/c29-21-10-8-17(9-11-21)15-32-27(33)25(36-28(32)34)14-18-12-23(30)26(24(31)13-18)35-16-20-6-3-5-19-4-1-2-7-22(19)20/h1-14H,15-16H2/b25-14-. The fourth-order valence-electron chi connectivity index (χ4n) is 3.93. The van der Waals surface area contributed by atoms with Gasteiger partial charge in [0.15, 0.2) is 5.75 Å². The molecule has 4 nitrogen and oxygen atoms in total. The van der Waals surface area contributed by atoms with Crippen LogP contribution in [-0.2, 0) is 17.9 Å². The zero-order chi connectivity index (χ0) is 25.2. The normalized spacial score (nSPS) is 14.8. The van der Waals surface area contributed by atoms with Gasteiger partial charge >= 0.3 is 0 Å². The van der Waals surface area contributed by atoms with E-state index in [4.69, 9.17) is 39.5 Å². The van der Waals surface area contributed by atoms with Crippen LogP contribution in [0.15, 0.2) is 83.8 Å². The molecule has 1 aliphatic rings. The number of benzene rings is 4. The monoisotopic (exact) mass is 553 g/mol. The van der Waals surface area contributed by atoms with Crippen LogP contribution in [0.2, 0.25) is 15.1 Å². The van der Waals surface area contributed by atoms with Crippen LogP contribution in [0.3, 0.4) is 0 Å². The Morgan fingerprint density at radius 3 is 2.31 bits per heavy atom. The molecule has 0 unspecified atom stereocenters. The van der Waals surface area contributed by atoms with Crippen LogP contribution in [0.1, 0.15) is 16.7 Å². The first-order valence-corrected chi connectivity index (χ1v) is 12.9. The van der Waals surface area contributed by atoms with Gasteiger partial charge in [-0.05, 0) is 69.6 Å². The van der Waals surface area contributed by atoms with Gasteiger partial charge in [-0.3, -0.25) is 14.5 Å². The van der Waals surface area contributed by atoms with Crippen LogP contribution < -0.4 is 4.74 Å². The van der Waals surface area contributed by atoms with Crippen LogP contribution in [0.25, 0.3) is 16.8 Å². The maximum Gasteiger partial charge on any atom is 0.293 e. The minimum Gasteiger partial charge on any atom is -0.486 e. The maximum atomic E-state index is 12.9. The van der Waals surface area contributed by atoms with Gasteiger partial charge in [-0.25, -0.2) is 0 Å². The Kier molecular flexibility index (Phi) is 7.26. The van der Waals surface area contributed by atoms with E-state index in [1.165, 1.54) is 4.90 Å². The minimum atomic E-state index is -0.372. The topological polar surface area (TPSA) is 46.6 Å². The molecule has 5 rings (SSSR count). The van der Waals surface area contributed by atoms with Gasteiger partial charge in [0.05, 0.1) is 21.5 Å². The van der Waals surface area contributed by atoms with E-state index in [1.807, 2.05) is 42.5 Å². The average Bonchev–Trinajstić information content (AvgIpc) is 3.12. The number of nitrogens with zero attached hydrogens (tertiary/aromatic N) is 1. The highest BCUT2D eigenvalue weighted by Gasteiger charge is 2.35. The van der Waals surface area contributed by atoms with E-state index in [2.05, 4.69) is 0 Å². The molecule has 0 spiro atoms. The van der Waals surface area contributed by atoms with Gasteiger partial charge in [0, 0.05) is 5.02 Å². The number of halogens is 3. The second-order valence-electron chi connectivity index (χ2n) is 8.13. The van der Waals surface area contributed by atoms with Crippen LogP contribution in [0.5, 0.6) is 5.75 Å². The number of carbonyl (C=O) groups is 2. The predicted octanol–water partition coefficient (Wildman–Crippen LogP) is 8.62. The van der Waals surface area contributed by atoms with Gasteiger partial charge in [0.1, 0.15) is 6.61 Å². The van der Waals surface area contributed by atoms with Crippen LogP contribution >= 0.6 is 46.6 Å². The molecule has 0 atom stereocenters. The molecule has 36 heavy (non-hydrogen) atoms. The molecule has 0 N–H and O–H groups in total. The van der Waals surface area contributed by atoms with Crippen molar-refractivity contribution in [3.8, 4) is 5.75 Å². The fraction of sp³-hybridized carbons (Fsp3) is 0.0714. The lowest BCUT2D eigenvalue weighted by Crippen LogP contribution is -2.27. The molecule has 0 aliphatic carbocycles. The molecule has 8 heteroatoms. The quantitative estimate of drug-likeness (QED) is 0.224. The van der Waals surface area contributed by atoms with E-state index in [0.29, 0.717) is 37.9 Å². The van der Waals surface area contributed by atoms with E-state index in [-0.39, 0.29) is 17.7 Å². The van der Waals surface area contributed by atoms with Crippen LogP contribution in [0.4, 0.5) is 4.79 Å². The van der Waals surface area contributed by atoms with Crippen molar-refractivity contribution >= 4 is 74.6 Å². The average molecular weight is 555 g/mol. The second-order valence-corrected chi connectivity index (χ2v) is 10.4. The highest BCUT2D eigenvalue weighted by atomic mass is 35.5. The summed E-state index contributed by atoms with van der Waals surface area (Å²) >= 11 is 19.8. The summed E-state index contributed by atoms with van der Waals surface area (Å²) in [5.74, 6) is -0.0114. The van der Waals surface area contributed by atoms with E-state index in [1.54, 1.807) is 42.5 Å². The Morgan fingerprint density at radius 1 is 0.861 bits per heavy atom. The summed E-state index contributed by atoms with van der Waals surface area (Å²) in [5, 5.41) is 3.10. The first-order valence-electron chi connectivity index (χ1n) is 11.0. The number of fused-ring (bicyclic) bond motifs is 1. The van der Waals surface area contributed by atoms with Crippen LogP contribution in [-0.4, -0.2) is 16.0 Å². The highest BCUT2D eigenvalue weighted by Crippen LogP contribution is 2.38. The van der Waals surface area contributed by atoms with Crippen molar-refractivity contribution < 1.29 is 14.3 Å². The minimum absolute atomic E-state index is 0.168. The molecule has 180 valence electrons. The number of rotatable bonds is 6. The van der Waals surface area contributed by atoms with Gasteiger partial charge < -0.3 is 4.74 Å². The lowest BCUT2D eigenvalue weighted by atomic mass is 10.1. The first kappa shape index (κ1) is 24.7. The van der Waals surface area contributed by atoms with E-state index < -0.39 is 0 Å². The largest absolute Gasteiger partial charge is 0.486 e. The lowest BCUT2D eigenvalue weighted by Gasteiger charge is -2.13. The Balaban J connectivity index is 1.33. The molecule has 0 radical (unpaired) electrons. The van der Waals surface area contributed by atoms with E-state index in [9.17, 15) is 9.59 Å². The molecule has 0 aromatic heterocycles. The van der Waals surface area contributed by atoms with Gasteiger partial charge in [-0.2, -0.15) is 0 Å². The number of carbonyl (C=O) groups excluding carboxylic acids is 2. The second kappa shape index (κ2) is 10.6. The molecule has 2 amide bonds. The predicted molar refractivity (Wildman–Crippen MR) is 148 cm³/mol. The van der Waals surface area contributed by atoms with Gasteiger partial charge in [0.2, 0.25) is 0 Å². The first-order chi connectivity index (χ1) is 17.4. The van der Waals surface area contributed by atoms with Crippen molar-refractivity contribution in [1.29, 1.82) is 0 Å². The number of thioether (sulfide) groups is 1. The molecule has 4 aromatic rings.